The van der Waals surface area contributed by atoms with Crippen molar-refractivity contribution in [2.45, 2.75) is 44.6 Å². The first kappa shape index (κ1) is 32.5. The lowest BCUT2D eigenvalue weighted by Crippen LogP contribution is -2.65. The molecule has 3 N–H and O–H groups in total. The SMILES string of the molecule is COc1nc(-c2cccc(-c3cccc(Nc4nccc5c4c(=O)n(C)c(=O)n5C)c3C)c2Cl)cc2c1CCC2.O=C1CCC2(CNC2)N1. The molecule has 0 bridgehead atoms. The molecule has 49 heavy (non-hydrogen) atoms. The summed E-state index contributed by atoms with van der Waals surface area (Å²) in [7, 11) is 4.76. The molecule has 0 unspecified atom stereocenters. The van der Waals surface area contributed by atoms with Gasteiger partial charge >= 0.3 is 5.69 Å². The van der Waals surface area contributed by atoms with E-state index in [2.05, 4.69) is 27.0 Å². The molecule has 8 rings (SSSR count). The van der Waals surface area contributed by atoms with E-state index in [1.54, 1.807) is 26.4 Å². The maximum Gasteiger partial charge on any atom is 0.330 e. The molecular formula is C37H38ClN7O4. The molecule has 1 amide bonds. The van der Waals surface area contributed by atoms with Gasteiger partial charge in [-0.05, 0) is 67.5 Å². The first-order valence-corrected chi connectivity index (χ1v) is 16.8. The fourth-order valence-corrected chi connectivity index (χ4v) is 7.39. The normalized spacial score (nSPS) is 15.7. The predicted molar refractivity (Wildman–Crippen MR) is 192 cm³/mol. The van der Waals surface area contributed by atoms with Gasteiger partial charge in [0.25, 0.3) is 5.56 Å². The van der Waals surface area contributed by atoms with Crippen LogP contribution in [-0.4, -0.2) is 50.7 Å². The summed E-state index contributed by atoms with van der Waals surface area (Å²) in [6.45, 7) is 3.94. The van der Waals surface area contributed by atoms with E-state index in [-0.39, 0.29) is 11.4 Å². The molecule has 1 aliphatic carbocycles. The number of methoxy groups -OCH3 is 1. The lowest BCUT2D eigenvalue weighted by atomic mass is 9.91. The van der Waals surface area contributed by atoms with Crippen LogP contribution in [0.3, 0.4) is 0 Å². The minimum absolute atomic E-state index is 0.178. The number of carbonyl (C=O) groups excluding carboxylic acids is 1. The first-order valence-electron chi connectivity index (χ1n) is 16.4. The molecule has 5 heterocycles. The highest BCUT2D eigenvalue weighted by Gasteiger charge is 2.42. The van der Waals surface area contributed by atoms with Gasteiger partial charge in [0, 0.05) is 62.2 Å². The van der Waals surface area contributed by atoms with Crippen molar-refractivity contribution in [2.24, 2.45) is 14.1 Å². The zero-order valence-electron chi connectivity index (χ0n) is 27.9. The Labute approximate surface area is 288 Å². The molecule has 11 nitrogen and oxygen atoms in total. The molecule has 2 aliphatic heterocycles. The molecule has 0 atom stereocenters. The summed E-state index contributed by atoms with van der Waals surface area (Å²) in [4.78, 5) is 45.5. The van der Waals surface area contributed by atoms with Crippen molar-refractivity contribution in [1.82, 2.24) is 29.7 Å². The van der Waals surface area contributed by atoms with Gasteiger partial charge in [0.2, 0.25) is 11.8 Å². The second-order valence-electron chi connectivity index (χ2n) is 13.0. The number of hydrogen-bond donors (Lipinski definition) is 3. The van der Waals surface area contributed by atoms with Gasteiger partial charge in [-0.2, -0.15) is 0 Å². The van der Waals surface area contributed by atoms with E-state index >= 15 is 0 Å². The fraction of sp³-hybridized carbons (Fsp3) is 0.324. The first-order chi connectivity index (χ1) is 23.6. The number of hydrogen-bond acceptors (Lipinski definition) is 8. The Balaban J connectivity index is 0.000000361. The standard InChI is InChI=1S/C31H28ClN5O3.C6H10N2O/c1-17-19(21-11-6-12-22(27(21)32)24-16-18-8-5-10-20(18)29(35-24)40-4)9-7-13-23(17)34-28-26-25(14-15-33-28)36(2)31(39)37(3)30(26)38;9-5-1-2-6(8-5)3-7-4-6/h6-7,9,11-16H,5,8,10H2,1-4H3,(H,33,34);7H,1-4H2,(H,8,9). The van der Waals surface area contributed by atoms with Gasteiger partial charge in [0.1, 0.15) is 11.2 Å². The fourth-order valence-electron chi connectivity index (χ4n) is 7.06. The van der Waals surface area contributed by atoms with Crippen LogP contribution in [0.5, 0.6) is 5.88 Å². The number of benzene rings is 2. The number of anilines is 2. The summed E-state index contributed by atoms with van der Waals surface area (Å²) in [5.74, 6) is 1.26. The molecule has 2 aromatic carbocycles. The molecule has 252 valence electrons. The Morgan fingerprint density at radius 3 is 2.41 bits per heavy atom. The molecule has 0 saturated carbocycles. The van der Waals surface area contributed by atoms with Crippen LogP contribution in [0.4, 0.5) is 11.5 Å². The lowest BCUT2D eigenvalue weighted by molar-refractivity contribution is -0.120. The lowest BCUT2D eigenvalue weighted by Gasteiger charge is -2.38. The van der Waals surface area contributed by atoms with Crippen LogP contribution in [0.25, 0.3) is 33.3 Å². The molecule has 2 saturated heterocycles. The zero-order chi connectivity index (χ0) is 34.4. The number of aryl methyl sites for hydroxylation is 2. The van der Waals surface area contributed by atoms with Crippen LogP contribution in [0.15, 0.2) is 64.3 Å². The molecule has 3 aliphatic rings. The minimum Gasteiger partial charge on any atom is -0.481 e. The summed E-state index contributed by atoms with van der Waals surface area (Å²) in [6.07, 6.45) is 6.41. The predicted octanol–water partition coefficient (Wildman–Crippen LogP) is 4.80. The topological polar surface area (TPSA) is 132 Å². The Morgan fingerprint density at radius 1 is 0.959 bits per heavy atom. The third kappa shape index (κ3) is 5.76. The maximum atomic E-state index is 13.1. The Hall–Kier alpha value is -5.00. The van der Waals surface area contributed by atoms with Crippen LogP contribution in [0.2, 0.25) is 5.02 Å². The van der Waals surface area contributed by atoms with Crippen molar-refractivity contribution >= 4 is 39.9 Å². The van der Waals surface area contributed by atoms with Crippen LogP contribution < -0.4 is 31.9 Å². The van der Waals surface area contributed by atoms with E-state index in [9.17, 15) is 14.4 Å². The third-order valence-electron chi connectivity index (χ3n) is 9.94. The van der Waals surface area contributed by atoms with Gasteiger partial charge in [-0.1, -0.05) is 41.9 Å². The maximum absolute atomic E-state index is 13.1. The van der Waals surface area contributed by atoms with Crippen molar-refractivity contribution in [3.8, 4) is 28.3 Å². The van der Waals surface area contributed by atoms with Crippen molar-refractivity contribution in [3.63, 3.8) is 0 Å². The largest absolute Gasteiger partial charge is 0.481 e. The summed E-state index contributed by atoms with van der Waals surface area (Å²) in [5, 5.41) is 10.4. The third-order valence-corrected chi connectivity index (χ3v) is 10.3. The average molecular weight is 680 g/mol. The van der Waals surface area contributed by atoms with Gasteiger partial charge in [-0.3, -0.25) is 18.7 Å². The second-order valence-corrected chi connectivity index (χ2v) is 13.3. The van der Waals surface area contributed by atoms with Crippen LogP contribution in [0, 0.1) is 6.92 Å². The smallest absolute Gasteiger partial charge is 0.330 e. The van der Waals surface area contributed by atoms with Gasteiger partial charge in [-0.15, -0.1) is 0 Å². The van der Waals surface area contributed by atoms with E-state index in [0.717, 1.165) is 83.4 Å². The molecule has 12 heteroatoms. The van der Waals surface area contributed by atoms with Crippen LogP contribution in [-0.2, 0) is 31.7 Å². The van der Waals surface area contributed by atoms with Crippen molar-refractivity contribution in [3.05, 3.63) is 97.3 Å². The Kier molecular flexibility index (Phi) is 8.50. The molecule has 5 aromatic rings. The molecule has 0 radical (unpaired) electrons. The summed E-state index contributed by atoms with van der Waals surface area (Å²) < 4.78 is 8.15. The second kappa shape index (κ2) is 12.8. The highest BCUT2D eigenvalue weighted by atomic mass is 35.5. The van der Waals surface area contributed by atoms with Crippen molar-refractivity contribution in [2.75, 3.05) is 25.5 Å². The number of nitrogens with one attached hydrogen (secondary N) is 3. The van der Waals surface area contributed by atoms with E-state index in [1.807, 2.05) is 43.3 Å². The number of carbonyl (C=O) groups is 1. The Bertz CT molecular complexity index is 2260. The Morgan fingerprint density at radius 2 is 1.71 bits per heavy atom. The number of nitrogens with zero attached hydrogens (tertiary/aromatic N) is 4. The number of rotatable bonds is 5. The van der Waals surface area contributed by atoms with E-state index in [0.29, 0.717) is 27.6 Å². The molecule has 2 fully saturated rings. The van der Waals surface area contributed by atoms with Gasteiger partial charge < -0.3 is 20.7 Å². The summed E-state index contributed by atoms with van der Waals surface area (Å²) >= 11 is 7.07. The average Bonchev–Trinajstić information content (AvgIpc) is 3.74. The van der Waals surface area contributed by atoms with Crippen molar-refractivity contribution < 1.29 is 9.53 Å². The monoisotopic (exact) mass is 679 g/mol. The zero-order valence-corrected chi connectivity index (χ0v) is 28.7. The number of amides is 1. The number of aromatic nitrogens is 4. The summed E-state index contributed by atoms with van der Waals surface area (Å²) in [5.41, 5.74) is 7.47. The highest BCUT2D eigenvalue weighted by molar-refractivity contribution is 6.36. The van der Waals surface area contributed by atoms with Crippen LogP contribution >= 0.6 is 11.6 Å². The molecule has 1 spiro atoms. The van der Waals surface area contributed by atoms with Gasteiger partial charge in [0.05, 0.1) is 28.9 Å². The minimum atomic E-state index is -0.407. The number of fused-ring (bicyclic) bond motifs is 2. The number of pyridine rings is 2. The van der Waals surface area contributed by atoms with Crippen molar-refractivity contribution in [1.29, 1.82) is 0 Å². The molecular weight excluding hydrogens is 642 g/mol. The highest BCUT2D eigenvalue weighted by Crippen LogP contribution is 2.41. The number of ether oxygens (including phenoxy) is 1. The molecule has 3 aromatic heterocycles. The van der Waals surface area contributed by atoms with Crippen LogP contribution in [0.1, 0.15) is 36.0 Å². The van der Waals surface area contributed by atoms with E-state index < -0.39 is 11.2 Å². The number of halogens is 1. The van der Waals surface area contributed by atoms with Gasteiger partial charge in [0.15, 0.2) is 0 Å². The quantitative estimate of drug-likeness (QED) is 0.241. The van der Waals surface area contributed by atoms with Gasteiger partial charge in [-0.25, -0.2) is 14.8 Å². The van der Waals surface area contributed by atoms with E-state index in [4.69, 9.17) is 21.3 Å². The summed E-state index contributed by atoms with van der Waals surface area (Å²) in [6, 6.07) is 15.6. The van der Waals surface area contributed by atoms with E-state index in [1.165, 1.54) is 22.7 Å².